The fourth-order valence-electron chi connectivity index (χ4n) is 1.08. The van der Waals surface area contributed by atoms with Crippen LogP contribution in [-0.4, -0.2) is 23.6 Å². The first-order chi connectivity index (χ1) is 7.15. The molecule has 0 unspecified atom stereocenters. The molecule has 1 N–H and O–H groups in total. The number of ketones is 1. The first kappa shape index (κ1) is 11.7. The van der Waals surface area contributed by atoms with Crippen LogP contribution >= 0.6 is 11.6 Å². The van der Waals surface area contributed by atoms with Gasteiger partial charge in [-0.2, -0.15) is 0 Å². The summed E-state index contributed by atoms with van der Waals surface area (Å²) < 4.78 is 0. The Morgan fingerprint density at radius 2 is 1.93 bits per heavy atom. The molecule has 0 aliphatic carbocycles. The van der Waals surface area contributed by atoms with E-state index < -0.39 is 6.04 Å². The normalized spacial score (nSPS) is 11.9. The average Bonchev–Trinajstić information content (AvgIpc) is 2.26. The Morgan fingerprint density at radius 3 is 2.40 bits per heavy atom. The minimum atomic E-state index is -0.612. The lowest BCUT2D eigenvalue weighted by atomic mass is 10.2. The van der Waals surface area contributed by atoms with Gasteiger partial charge in [0.15, 0.2) is 5.78 Å². The van der Waals surface area contributed by atoms with Gasteiger partial charge in [-0.15, -0.1) is 11.6 Å². The molecule has 1 aromatic rings. The van der Waals surface area contributed by atoms with Crippen molar-refractivity contribution < 1.29 is 9.59 Å². The first-order valence-electron chi connectivity index (χ1n) is 4.57. The van der Waals surface area contributed by atoms with E-state index in [1.54, 1.807) is 24.3 Å². The number of halogens is 1. The zero-order valence-electron chi connectivity index (χ0n) is 8.37. The molecule has 0 aliphatic rings. The summed E-state index contributed by atoms with van der Waals surface area (Å²) in [5, 5.41) is 2.56. The minimum absolute atomic E-state index is 0.0912. The lowest BCUT2D eigenvalue weighted by molar-refractivity contribution is -0.118. The van der Waals surface area contributed by atoms with Crippen LogP contribution < -0.4 is 5.32 Å². The summed E-state index contributed by atoms with van der Waals surface area (Å²) in [7, 11) is 0. The maximum atomic E-state index is 11.6. The number of benzene rings is 1. The van der Waals surface area contributed by atoms with Crippen LogP contribution in [-0.2, 0) is 4.79 Å². The number of carbonyl (C=O) groups excluding carboxylic acids is 2. The molecule has 0 saturated carbocycles. The number of carbonyl (C=O) groups is 2. The lowest BCUT2D eigenvalue weighted by Gasteiger charge is -2.12. The molecule has 15 heavy (non-hydrogen) atoms. The molecular formula is C11H12ClNO2. The Kier molecular flexibility index (Phi) is 4.31. The zero-order chi connectivity index (χ0) is 11.3. The highest BCUT2D eigenvalue weighted by Gasteiger charge is 2.16. The van der Waals surface area contributed by atoms with Crippen molar-refractivity contribution in [2.24, 2.45) is 0 Å². The molecule has 1 aromatic carbocycles. The Morgan fingerprint density at radius 1 is 1.33 bits per heavy atom. The van der Waals surface area contributed by atoms with Crippen molar-refractivity contribution in [1.82, 2.24) is 5.32 Å². The van der Waals surface area contributed by atoms with E-state index >= 15 is 0 Å². The number of amides is 1. The highest BCUT2D eigenvalue weighted by molar-refractivity contribution is 6.20. The van der Waals surface area contributed by atoms with E-state index in [0.717, 1.165) is 0 Å². The summed E-state index contributed by atoms with van der Waals surface area (Å²) in [6.45, 7) is 1.40. The largest absolute Gasteiger partial charge is 0.341 e. The maximum Gasteiger partial charge on any atom is 0.251 e. The summed E-state index contributed by atoms with van der Waals surface area (Å²) in [6, 6.07) is 8.10. The number of nitrogens with one attached hydrogen (secondary N) is 1. The monoisotopic (exact) mass is 225 g/mol. The van der Waals surface area contributed by atoms with Crippen LogP contribution in [0.15, 0.2) is 30.3 Å². The molecule has 1 rings (SSSR count). The summed E-state index contributed by atoms with van der Waals surface area (Å²) in [4.78, 5) is 22.6. The second kappa shape index (κ2) is 5.51. The van der Waals surface area contributed by atoms with Crippen molar-refractivity contribution in [1.29, 1.82) is 0 Å². The predicted octanol–water partition coefficient (Wildman–Crippen LogP) is 1.61. The Labute approximate surface area is 93.4 Å². The van der Waals surface area contributed by atoms with Crippen molar-refractivity contribution in [2.45, 2.75) is 13.0 Å². The minimum Gasteiger partial charge on any atom is -0.341 e. The van der Waals surface area contributed by atoms with E-state index in [-0.39, 0.29) is 17.6 Å². The van der Waals surface area contributed by atoms with Crippen LogP contribution in [0, 0.1) is 0 Å². The van der Waals surface area contributed by atoms with E-state index in [2.05, 4.69) is 5.32 Å². The van der Waals surface area contributed by atoms with Gasteiger partial charge < -0.3 is 5.32 Å². The highest BCUT2D eigenvalue weighted by Crippen LogP contribution is 2.00. The smallest absolute Gasteiger partial charge is 0.251 e. The molecule has 0 saturated heterocycles. The van der Waals surface area contributed by atoms with Crippen LogP contribution in [0.5, 0.6) is 0 Å². The predicted molar refractivity (Wildman–Crippen MR) is 59.1 cm³/mol. The fourth-order valence-corrected chi connectivity index (χ4v) is 1.37. The number of alkyl halides is 1. The topological polar surface area (TPSA) is 46.2 Å². The standard InChI is InChI=1S/C11H12ClNO2/c1-8(14)10(7-12)13-11(15)9-5-3-2-4-6-9/h2-6,10H,7H2,1H3,(H,13,15)/t10-/m1/s1. The number of Topliss-reactive ketones (excluding diaryl/α,β-unsaturated/α-hetero) is 1. The molecule has 0 radical (unpaired) electrons. The van der Waals surface area contributed by atoms with E-state index in [1.807, 2.05) is 6.07 Å². The third-order valence-electron chi connectivity index (χ3n) is 1.99. The van der Waals surface area contributed by atoms with Gasteiger partial charge >= 0.3 is 0 Å². The van der Waals surface area contributed by atoms with Crippen molar-refractivity contribution in [3.8, 4) is 0 Å². The van der Waals surface area contributed by atoms with Gasteiger partial charge in [-0.05, 0) is 19.1 Å². The zero-order valence-corrected chi connectivity index (χ0v) is 9.12. The molecule has 1 amide bonds. The van der Waals surface area contributed by atoms with Gasteiger partial charge in [-0.25, -0.2) is 0 Å². The molecular weight excluding hydrogens is 214 g/mol. The van der Waals surface area contributed by atoms with Crippen LogP contribution in [0.25, 0.3) is 0 Å². The quantitative estimate of drug-likeness (QED) is 0.792. The van der Waals surface area contributed by atoms with Crippen molar-refractivity contribution in [2.75, 3.05) is 5.88 Å². The lowest BCUT2D eigenvalue weighted by Crippen LogP contribution is -2.41. The molecule has 3 nitrogen and oxygen atoms in total. The van der Waals surface area contributed by atoms with Crippen LogP contribution in [0.4, 0.5) is 0 Å². The Balaban J connectivity index is 2.67. The highest BCUT2D eigenvalue weighted by atomic mass is 35.5. The van der Waals surface area contributed by atoms with Crippen molar-refractivity contribution in [3.05, 3.63) is 35.9 Å². The average molecular weight is 226 g/mol. The van der Waals surface area contributed by atoms with Gasteiger partial charge in [-0.1, -0.05) is 18.2 Å². The molecule has 0 aromatic heterocycles. The number of hydrogen-bond acceptors (Lipinski definition) is 2. The third-order valence-corrected chi connectivity index (χ3v) is 2.29. The molecule has 0 bridgehead atoms. The van der Waals surface area contributed by atoms with E-state index in [4.69, 9.17) is 11.6 Å². The second-order valence-corrected chi connectivity index (χ2v) is 3.47. The van der Waals surface area contributed by atoms with Crippen molar-refractivity contribution in [3.63, 3.8) is 0 Å². The Bertz CT molecular complexity index is 351. The van der Waals surface area contributed by atoms with Gasteiger partial charge in [0.25, 0.3) is 5.91 Å². The molecule has 0 spiro atoms. The third kappa shape index (κ3) is 3.36. The Hall–Kier alpha value is -1.35. The maximum absolute atomic E-state index is 11.6. The van der Waals surface area contributed by atoms with Gasteiger partial charge in [0, 0.05) is 11.4 Å². The van der Waals surface area contributed by atoms with Crippen LogP contribution in [0.2, 0.25) is 0 Å². The van der Waals surface area contributed by atoms with Gasteiger partial charge in [0.2, 0.25) is 0 Å². The van der Waals surface area contributed by atoms with E-state index in [0.29, 0.717) is 5.56 Å². The summed E-state index contributed by atoms with van der Waals surface area (Å²) in [5.41, 5.74) is 0.522. The van der Waals surface area contributed by atoms with Gasteiger partial charge in [0.05, 0.1) is 0 Å². The first-order valence-corrected chi connectivity index (χ1v) is 5.11. The van der Waals surface area contributed by atoms with E-state index in [1.165, 1.54) is 6.92 Å². The molecule has 1 atom stereocenters. The summed E-state index contributed by atoms with van der Waals surface area (Å²) >= 11 is 5.56. The number of rotatable bonds is 4. The van der Waals surface area contributed by atoms with Crippen molar-refractivity contribution >= 4 is 23.3 Å². The van der Waals surface area contributed by atoms with Crippen LogP contribution in [0.3, 0.4) is 0 Å². The molecule has 0 fully saturated rings. The van der Waals surface area contributed by atoms with E-state index in [9.17, 15) is 9.59 Å². The van der Waals surface area contributed by atoms with Gasteiger partial charge in [0.1, 0.15) is 6.04 Å². The van der Waals surface area contributed by atoms with Gasteiger partial charge in [-0.3, -0.25) is 9.59 Å². The summed E-state index contributed by atoms with van der Waals surface area (Å²) in [6.07, 6.45) is 0. The van der Waals surface area contributed by atoms with Crippen LogP contribution in [0.1, 0.15) is 17.3 Å². The summed E-state index contributed by atoms with van der Waals surface area (Å²) in [5.74, 6) is -0.334. The second-order valence-electron chi connectivity index (χ2n) is 3.16. The molecule has 0 heterocycles. The fraction of sp³-hybridized carbons (Fsp3) is 0.273. The number of hydrogen-bond donors (Lipinski definition) is 1. The SMILES string of the molecule is CC(=O)[C@@H](CCl)NC(=O)c1ccccc1. The molecule has 4 heteroatoms. The molecule has 80 valence electrons. The molecule has 0 aliphatic heterocycles.